The monoisotopic (exact) mass is 300 g/mol. The summed E-state index contributed by atoms with van der Waals surface area (Å²) in [6.45, 7) is 2.88. The molecule has 0 atom stereocenters. The van der Waals surface area contributed by atoms with Crippen LogP contribution in [-0.2, 0) is 13.1 Å². The maximum atomic E-state index is 3.78. The van der Waals surface area contributed by atoms with Crippen LogP contribution in [0.4, 0.5) is 0 Å². The van der Waals surface area contributed by atoms with Gasteiger partial charge in [-0.15, -0.1) is 21.5 Å². The van der Waals surface area contributed by atoms with Gasteiger partial charge in [0.25, 0.3) is 0 Å². The quantitative estimate of drug-likeness (QED) is 0.849. The van der Waals surface area contributed by atoms with Crippen molar-refractivity contribution in [2.75, 3.05) is 13.6 Å². The van der Waals surface area contributed by atoms with Gasteiger partial charge in [-0.3, -0.25) is 4.90 Å². The fraction of sp³-hybridized carbons (Fsp3) is 0.400. The summed E-state index contributed by atoms with van der Waals surface area (Å²) in [5.41, 5.74) is 0. The molecule has 0 radical (unpaired) electrons. The molecule has 0 bridgehead atoms. The number of hydrogen-bond acceptors (Lipinski definition) is 4. The van der Waals surface area contributed by atoms with Crippen molar-refractivity contribution in [3.05, 3.63) is 33.5 Å². The van der Waals surface area contributed by atoms with E-state index in [4.69, 9.17) is 0 Å². The van der Waals surface area contributed by atoms with Gasteiger partial charge < -0.3 is 4.57 Å². The Hall–Kier alpha value is -0.720. The molecule has 2 aromatic heterocycles. The topological polar surface area (TPSA) is 34.0 Å². The number of rotatable bonds is 5. The predicted octanol–water partition coefficient (Wildman–Crippen LogP) is 2.23. The highest BCUT2D eigenvalue weighted by Crippen LogP contribution is 2.23. The molecule has 0 unspecified atom stereocenters. The van der Waals surface area contributed by atoms with E-state index in [-0.39, 0.29) is 0 Å². The molecule has 0 aliphatic carbocycles. The molecule has 0 N–H and O–H groups in total. The molecule has 0 aliphatic heterocycles. The van der Waals surface area contributed by atoms with Crippen LogP contribution >= 0.6 is 27.3 Å². The second-order valence-electron chi connectivity index (χ2n) is 3.63. The minimum absolute atomic E-state index is 0.923. The van der Waals surface area contributed by atoms with Gasteiger partial charge in [-0.25, -0.2) is 0 Å². The molecule has 86 valence electrons. The molecule has 0 spiro atoms. The third kappa shape index (κ3) is 3.13. The highest BCUT2D eigenvalue weighted by molar-refractivity contribution is 9.10. The van der Waals surface area contributed by atoms with Gasteiger partial charge in [-0.2, -0.15) is 0 Å². The molecule has 0 saturated carbocycles. The zero-order valence-corrected chi connectivity index (χ0v) is 11.4. The molecule has 4 nitrogen and oxygen atoms in total. The number of thiophene rings is 1. The fourth-order valence-corrected chi connectivity index (χ4v) is 2.94. The van der Waals surface area contributed by atoms with Crippen LogP contribution in [0.5, 0.6) is 0 Å². The Morgan fingerprint density at radius 2 is 2.19 bits per heavy atom. The van der Waals surface area contributed by atoms with E-state index in [2.05, 4.69) is 49.5 Å². The van der Waals surface area contributed by atoms with Crippen molar-refractivity contribution in [2.45, 2.75) is 13.1 Å². The van der Waals surface area contributed by atoms with Gasteiger partial charge in [0, 0.05) is 29.0 Å². The Morgan fingerprint density at radius 3 is 2.81 bits per heavy atom. The molecule has 0 aliphatic rings. The van der Waals surface area contributed by atoms with Gasteiger partial charge in [0.15, 0.2) is 0 Å². The lowest BCUT2D eigenvalue weighted by molar-refractivity contribution is 0.313. The Morgan fingerprint density at radius 1 is 1.44 bits per heavy atom. The molecule has 2 rings (SSSR count). The smallest absolute Gasteiger partial charge is 0.119 e. The van der Waals surface area contributed by atoms with Crippen LogP contribution in [0.1, 0.15) is 4.88 Å². The van der Waals surface area contributed by atoms with E-state index in [0.29, 0.717) is 0 Å². The summed E-state index contributed by atoms with van der Waals surface area (Å²) in [6, 6.07) is 2.09. The summed E-state index contributed by atoms with van der Waals surface area (Å²) < 4.78 is 3.19. The first-order chi connectivity index (χ1) is 7.75. The second kappa shape index (κ2) is 5.56. The van der Waals surface area contributed by atoms with E-state index >= 15 is 0 Å². The minimum atomic E-state index is 0.923. The summed E-state index contributed by atoms with van der Waals surface area (Å²) in [5.74, 6) is 0. The van der Waals surface area contributed by atoms with E-state index in [1.165, 1.54) is 9.35 Å². The van der Waals surface area contributed by atoms with Crippen molar-refractivity contribution in [2.24, 2.45) is 0 Å². The highest BCUT2D eigenvalue weighted by atomic mass is 79.9. The Kier molecular flexibility index (Phi) is 4.09. The van der Waals surface area contributed by atoms with Crippen LogP contribution in [0.2, 0.25) is 0 Å². The molecule has 0 aromatic carbocycles. The van der Waals surface area contributed by atoms with Crippen LogP contribution in [0.3, 0.4) is 0 Å². The lowest BCUT2D eigenvalue weighted by atomic mass is 10.4. The maximum Gasteiger partial charge on any atom is 0.119 e. The number of hydrogen-bond donors (Lipinski definition) is 0. The second-order valence-corrected chi connectivity index (χ2v) is 5.48. The van der Waals surface area contributed by atoms with E-state index in [1.54, 1.807) is 24.0 Å². The van der Waals surface area contributed by atoms with Crippen molar-refractivity contribution in [1.29, 1.82) is 0 Å². The van der Waals surface area contributed by atoms with E-state index in [9.17, 15) is 0 Å². The van der Waals surface area contributed by atoms with Crippen molar-refractivity contribution in [1.82, 2.24) is 19.7 Å². The minimum Gasteiger partial charge on any atom is -0.319 e. The largest absolute Gasteiger partial charge is 0.319 e. The Labute approximate surface area is 107 Å². The lowest BCUT2D eigenvalue weighted by Gasteiger charge is -2.15. The van der Waals surface area contributed by atoms with Crippen molar-refractivity contribution < 1.29 is 0 Å². The predicted molar refractivity (Wildman–Crippen MR) is 68.4 cm³/mol. The molecule has 0 saturated heterocycles. The van der Waals surface area contributed by atoms with Crippen molar-refractivity contribution >= 4 is 27.3 Å². The van der Waals surface area contributed by atoms with Gasteiger partial charge in [-0.05, 0) is 34.4 Å². The highest BCUT2D eigenvalue weighted by Gasteiger charge is 2.05. The van der Waals surface area contributed by atoms with Crippen LogP contribution < -0.4 is 0 Å². The molecule has 0 fully saturated rings. The maximum absolute atomic E-state index is 3.78. The third-order valence-corrected chi connectivity index (χ3v) is 4.22. The fourth-order valence-electron chi connectivity index (χ4n) is 1.39. The normalized spacial score (nSPS) is 11.2. The van der Waals surface area contributed by atoms with Gasteiger partial charge in [0.1, 0.15) is 12.7 Å². The average molecular weight is 301 g/mol. The molecular formula is C10H13BrN4S. The van der Waals surface area contributed by atoms with Crippen LogP contribution in [0, 0.1) is 0 Å². The first kappa shape index (κ1) is 11.8. The molecule has 16 heavy (non-hydrogen) atoms. The van der Waals surface area contributed by atoms with Gasteiger partial charge in [0.2, 0.25) is 0 Å². The van der Waals surface area contributed by atoms with Crippen LogP contribution in [-0.4, -0.2) is 33.3 Å². The zero-order chi connectivity index (χ0) is 11.4. The van der Waals surface area contributed by atoms with Crippen LogP contribution in [0.15, 0.2) is 28.6 Å². The van der Waals surface area contributed by atoms with Gasteiger partial charge in [0.05, 0.1) is 0 Å². The first-order valence-corrected chi connectivity index (χ1v) is 6.66. The average Bonchev–Trinajstić information content (AvgIpc) is 2.88. The number of likely N-dealkylation sites (N-methyl/N-ethyl adjacent to an activating group) is 1. The summed E-state index contributed by atoms with van der Waals surface area (Å²) in [7, 11) is 2.12. The summed E-state index contributed by atoms with van der Waals surface area (Å²) in [6.07, 6.45) is 3.49. The standard InChI is InChI=1S/C10H13BrN4S/c1-14(3-4-15-7-12-13-8-15)6-10-9(11)2-5-16-10/h2,5,7-8H,3-4,6H2,1H3. The number of aromatic nitrogens is 3. The SMILES string of the molecule is CN(CCn1cnnc1)Cc1sccc1Br. The number of halogens is 1. The van der Waals surface area contributed by atoms with Gasteiger partial charge in [-0.1, -0.05) is 0 Å². The van der Waals surface area contributed by atoms with E-state index in [0.717, 1.165) is 19.6 Å². The summed E-state index contributed by atoms with van der Waals surface area (Å²) in [5, 5.41) is 9.66. The van der Waals surface area contributed by atoms with Crippen molar-refractivity contribution in [3.8, 4) is 0 Å². The third-order valence-electron chi connectivity index (χ3n) is 2.31. The molecular weight excluding hydrogens is 288 g/mol. The summed E-state index contributed by atoms with van der Waals surface area (Å²) in [4.78, 5) is 3.66. The lowest BCUT2D eigenvalue weighted by Crippen LogP contribution is -2.22. The Balaban J connectivity index is 1.81. The van der Waals surface area contributed by atoms with Crippen molar-refractivity contribution in [3.63, 3.8) is 0 Å². The van der Waals surface area contributed by atoms with E-state index in [1.807, 2.05) is 4.57 Å². The molecule has 2 aromatic rings. The van der Waals surface area contributed by atoms with E-state index < -0.39 is 0 Å². The zero-order valence-electron chi connectivity index (χ0n) is 9.01. The number of nitrogens with zero attached hydrogens (tertiary/aromatic N) is 4. The van der Waals surface area contributed by atoms with Crippen LogP contribution in [0.25, 0.3) is 0 Å². The molecule has 6 heteroatoms. The molecule has 2 heterocycles. The Bertz CT molecular complexity index is 426. The summed E-state index contributed by atoms with van der Waals surface area (Å²) >= 11 is 5.32. The first-order valence-electron chi connectivity index (χ1n) is 4.98. The van der Waals surface area contributed by atoms with Gasteiger partial charge >= 0.3 is 0 Å². The molecule has 0 amide bonds.